The van der Waals surface area contributed by atoms with Gasteiger partial charge in [-0.25, -0.2) is 0 Å². The molecular weight excluding hydrogens is 242 g/mol. The quantitative estimate of drug-likeness (QED) is 0.679. The van der Waals surface area contributed by atoms with E-state index in [0.29, 0.717) is 0 Å². The van der Waals surface area contributed by atoms with Gasteiger partial charge in [-0.1, -0.05) is 26.0 Å². The smallest absolute Gasteiger partial charge is 0.0314 e. The minimum atomic E-state index is 0.814. The fourth-order valence-electron chi connectivity index (χ4n) is 2.58. The third kappa shape index (κ3) is 2.87. The lowest BCUT2D eigenvalue weighted by Crippen LogP contribution is -1.99. The molecule has 0 aliphatic heterocycles. The number of nitrogens with two attached hydrogens (primary N) is 1. The van der Waals surface area contributed by atoms with Crippen molar-refractivity contribution in [1.82, 2.24) is 0 Å². The molecule has 0 aliphatic rings. The van der Waals surface area contributed by atoms with Crippen LogP contribution in [0.5, 0.6) is 0 Å². The standard InChI is InChI=1S/C17H21N.C2H6/c1-10-11(2)13(4)17(14(5)12(10)3)15-6-8-16(18)9-7-15;1-2/h6-9H,18H2,1-5H3;1-2H3. The maximum Gasteiger partial charge on any atom is 0.0314 e. The molecule has 108 valence electrons. The van der Waals surface area contributed by atoms with Gasteiger partial charge >= 0.3 is 0 Å². The van der Waals surface area contributed by atoms with Crippen molar-refractivity contribution in [2.75, 3.05) is 5.73 Å². The van der Waals surface area contributed by atoms with E-state index in [1.807, 2.05) is 26.0 Å². The number of rotatable bonds is 1. The molecule has 2 aromatic carbocycles. The first-order chi connectivity index (χ1) is 9.43. The Morgan fingerprint density at radius 3 is 1.35 bits per heavy atom. The SMILES string of the molecule is CC.Cc1c(C)c(C)c(-c2ccc(N)cc2)c(C)c1C. The highest BCUT2D eigenvalue weighted by molar-refractivity contribution is 5.75. The van der Waals surface area contributed by atoms with Crippen LogP contribution in [0.25, 0.3) is 11.1 Å². The van der Waals surface area contributed by atoms with Gasteiger partial charge in [0.2, 0.25) is 0 Å². The number of anilines is 1. The number of hydrogen-bond acceptors (Lipinski definition) is 1. The molecule has 0 aromatic heterocycles. The molecule has 0 fully saturated rings. The summed E-state index contributed by atoms with van der Waals surface area (Å²) in [5.41, 5.74) is 16.1. The second-order valence-electron chi connectivity index (χ2n) is 5.12. The van der Waals surface area contributed by atoms with Crippen LogP contribution in [0.2, 0.25) is 0 Å². The van der Waals surface area contributed by atoms with Crippen LogP contribution >= 0.6 is 0 Å². The van der Waals surface area contributed by atoms with Crippen LogP contribution < -0.4 is 5.73 Å². The summed E-state index contributed by atoms with van der Waals surface area (Å²) in [5.74, 6) is 0. The monoisotopic (exact) mass is 269 g/mol. The van der Waals surface area contributed by atoms with E-state index in [-0.39, 0.29) is 0 Å². The highest BCUT2D eigenvalue weighted by Gasteiger charge is 2.13. The predicted octanol–water partition coefficient (Wildman–Crippen LogP) is 5.50. The minimum absolute atomic E-state index is 0.814. The molecule has 0 radical (unpaired) electrons. The molecule has 20 heavy (non-hydrogen) atoms. The number of hydrogen-bond donors (Lipinski definition) is 1. The first-order valence-electron chi connectivity index (χ1n) is 7.36. The summed E-state index contributed by atoms with van der Waals surface area (Å²) in [4.78, 5) is 0. The highest BCUT2D eigenvalue weighted by atomic mass is 14.5. The van der Waals surface area contributed by atoms with Gasteiger partial charge in [0.25, 0.3) is 0 Å². The van der Waals surface area contributed by atoms with Crippen molar-refractivity contribution in [3.8, 4) is 11.1 Å². The summed E-state index contributed by atoms with van der Waals surface area (Å²) in [7, 11) is 0. The summed E-state index contributed by atoms with van der Waals surface area (Å²) in [6, 6.07) is 8.16. The Hall–Kier alpha value is -1.76. The van der Waals surface area contributed by atoms with E-state index in [2.05, 4.69) is 46.8 Å². The normalized spacial score (nSPS) is 9.95. The maximum atomic E-state index is 5.76. The summed E-state index contributed by atoms with van der Waals surface area (Å²) in [5, 5.41) is 0. The topological polar surface area (TPSA) is 26.0 Å². The molecule has 0 saturated heterocycles. The molecule has 0 heterocycles. The minimum Gasteiger partial charge on any atom is -0.399 e. The predicted molar refractivity (Wildman–Crippen MR) is 91.3 cm³/mol. The third-order valence-corrected chi connectivity index (χ3v) is 4.20. The lowest BCUT2D eigenvalue weighted by molar-refractivity contribution is 1.18. The summed E-state index contributed by atoms with van der Waals surface area (Å²) in [6.07, 6.45) is 0. The Balaban J connectivity index is 0.000000956. The van der Waals surface area contributed by atoms with Crippen molar-refractivity contribution in [3.63, 3.8) is 0 Å². The average Bonchev–Trinajstić information content (AvgIpc) is 2.47. The van der Waals surface area contributed by atoms with Crippen LogP contribution in [-0.4, -0.2) is 0 Å². The molecular formula is C19H27N. The van der Waals surface area contributed by atoms with Crippen molar-refractivity contribution in [2.45, 2.75) is 48.5 Å². The fraction of sp³-hybridized carbons (Fsp3) is 0.368. The first kappa shape index (κ1) is 16.3. The number of nitrogen functional groups attached to an aromatic ring is 1. The molecule has 2 N–H and O–H groups in total. The van der Waals surface area contributed by atoms with Crippen molar-refractivity contribution in [3.05, 3.63) is 52.1 Å². The molecule has 1 heteroatoms. The molecule has 0 aliphatic carbocycles. The molecule has 2 aromatic rings. The van der Waals surface area contributed by atoms with E-state index in [1.54, 1.807) is 0 Å². The van der Waals surface area contributed by atoms with E-state index in [1.165, 1.54) is 38.9 Å². The Kier molecular flexibility index (Phi) is 5.38. The molecule has 0 saturated carbocycles. The van der Waals surface area contributed by atoms with Crippen molar-refractivity contribution < 1.29 is 0 Å². The zero-order chi connectivity index (χ0) is 15.4. The van der Waals surface area contributed by atoms with Gasteiger partial charge in [0.15, 0.2) is 0 Å². The van der Waals surface area contributed by atoms with Crippen molar-refractivity contribution >= 4 is 5.69 Å². The fourth-order valence-corrected chi connectivity index (χ4v) is 2.58. The molecule has 0 bridgehead atoms. The molecule has 0 unspecified atom stereocenters. The van der Waals surface area contributed by atoms with Gasteiger partial charge in [-0.3, -0.25) is 0 Å². The molecule has 1 nitrogen and oxygen atoms in total. The Morgan fingerprint density at radius 2 is 0.950 bits per heavy atom. The Morgan fingerprint density at radius 1 is 0.600 bits per heavy atom. The molecule has 0 amide bonds. The molecule has 2 rings (SSSR count). The van der Waals surface area contributed by atoms with Gasteiger partial charge in [-0.15, -0.1) is 0 Å². The van der Waals surface area contributed by atoms with Crippen molar-refractivity contribution in [2.24, 2.45) is 0 Å². The molecule has 0 spiro atoms. The third-order valence-electron chi connectivity index (χ3n) is 4.20. The van der Waals surface area contributed by atoms with Crippen LogP contribution in [-0.2, 0) is 0 Å². The summed E-state index contributed by atoms with van der Waals surface area (Å²) < 4.78 is 0. The molecule has 0 atom stereocenters. The van der Waals surface area contributed by atoms with E-state index < -0.39 is 0 Å². The van der Waals surface area contributed by atoms with Gasteiger partial charge in [0, 0.05) is 5.69 Å². The van der Waals surface area contributed by atoms with Crippen LogP contribution in [0.4, 0.5) is 5.69 Å². The largest absolute Gasteiger partial charge is 0.399 e. The van der Waals surface area contributed by atoms with Crippen LogP contribution in [0, 0.1) is 34.6 Å². The van der Waals surface area contributed by atoms with E-state index >= 15 is 0 Å². The van der Waals surface area contributed by atoms with Gasteiger partial charge in [0.05, 0.1) is 0 Å². The second-order valence-corrected chi connectivity index (χ2v) is 5.12. The first-order valence-corrected chi connectivity index (χ1v) is 7.36. The van der Waals surface area contributed by atoms with E-state index in [9.17, 15) is 0 Å². The Bertz CT molecular complexity index is 563. The lowest BCUT2D eigenvalue weighted by atomic mass is 9.86. The van der Waals surface area contributed by atoms with E-state index in [0.717, 1.165) is 5.69 Å². The Labute approximate surface area is 123 Å². The van der Waals surface area contributed by atoms with Gasteiger partial charge < -0.3 is 5.73 Å². The van der Waals surface area contributed by atoms with Crippen LogP contribution in [0.3, 0.4) is 0 Å². The summed E-state index contributed by atoms with van der Waals surface area (Å²) in [6.45, 7) is 15.0. The van der Waals surface area contributed by atoms with Crippen LogP contribution in [0.15, 0.2) is 24.3 Å². The zero-order valence-electron chi connectivity index (χ0n) is 13.9. The second kappa shape index (κ2) is 6.60. The summed E-state index contributed by atoms with van der Waals surface area (Å²) >= 11 is 0. The van der Waals surface area contributed by atoms with Crippen LogP contribution in [0.1, 0.15) is 41.7 Å². The number of benzene rings is 2. The van der Waals surface area contributed by atoms with Gasteiger partial charge in [0.1, 0.15) is 0 Å². The zero-order valence-corrected chi connectivity index (χ0v) is 13.9. The van der Waals surface area contributed by atoms with E-state index in [4.69, 9.17) is 5.73 Å². The average molecular weight is 269 g/mol. The van der Waals surface area contributed by atoms with Gasteiger partial charge in [-0.05, 0) is 85.7 Å². The van der Waals surface area contributed by atoms with Crippen molar-refractivity contribution in [1.29, 1.82) is 0 Å². The highest BCUT2D eigenvalue weighted by Crippen LogP contribution is 2.34. The lowest BCUT2D eigenvalue weighted by Gasteiger charge is -2.19. The maximum absolute atomic E-state index is 5.76. The van der Waals surface area contributed by atoms with Gasteiger partial charge in [-0.2, -0.15) is 0 Å².